The van der Waals surface area contributed by atoms with E-state index < -0.39 is 5.41 Å². The summed E-state index contributed by atoms with van der Waals surface area (Å²) in [5.74, 6) is 0.808. The Kier molecular flexibility index (Phi) is 7.26. The molecule has 4 heteroatoms. The zero-order valence-corrected chi connectivity index (χ0v) is 30.9. The molecule has 4 nitrogen and oxygen atoms in total. The molecule has 8 aromatic carbocycles. The Labute approximate surface area is 331 Å². The van der Waals surface area contributed by atoms with E-state index >= 15 is 0 Å². The van der Waals surface area contributed by atoms with Gasteiger partial charge in [-0.1, -0.05) is 164 Å². The number of fused-ring (bicyclic) bond motifs is 12. The number of nitrogens with two attached hydrogens (primary N) is 1. The molecule has 0 amide bonds. The van der Waals surface area contributed by atoms with Gasteiger partial charge in [0.05, 0.1) is 27.8 Å². The number of rotatable bonds is 5. The van der Waals surface area contributed by atoms with Gasteiger partial charge in [-0.05, 0) is 80.9 Å². The molecule has 266 valence electrons. The molecule has 9 aromatic rings. The Morgan fingerprint density at radius 3 is 1.91 bits per heavy atom. The summed E-state index contributed by atoms with van der Waals surface area (Å²) >= 11 is 0. The van der Waals surface area contributed by atoms with Crippen LogP contribution in [0.2, 0.25) is 0 Å². The van der Waals surface area contributed by atoms with Crippen LogP contribution in [0.4, 0.5) is 0 Å². The highest BCUT2D eigenvalue weighted by Gasteiger charge is 2.50. The Hall–Kier alpha value is -7.74. The Morgan fingerprint density at radius 1 is 0.561 bits per heavy atom. The lowest BCUT2D eigenvalue weighted by atomic mass is 9.65. The van der Waals surface area contributed by atoms with Gasteiger partial charge in [-0.15, -0.1) is 0 Å². The van der Waals surface area contributed by atoms with Gasteiger partial charge in [-0.3, -0.25) is 0 Å². The molecule has 2 N–H and O–H groups in total. The molecular weight excluding hydrogens is 693 g/mol. The molecule has 1 aromatic heterocycles. The first-order valence-electron chi connectivity index (χ1n) is 19.1. The number of hydrogen-bond acceptors (Lipinski definition) is 1. The van der Waals surface area contributed by atoms with Crippen molar-refractivity contribution in [2.45, 2.75) is 5.41 Å². The third-order valence-electron chi connectivity index (χ3n) is 11.6. The van der Waals surface area contributed by atoms with E-state index in [-0.39, 0.29) is 0 Å². The van der Waals surface area contributed by atoms with Gasteiger partial charge in [0.2, 0.25) is 0 Å². The van der Waals surface area contributed by atoms with Gasteiger partial charge in [0.25, 0.3) is 0 Å². The first-order chi connectivity index (χ1) is 28.1. The predicted molar refractivity (Wildman–Crippen MR) is 234 cm³/mol. The molecule has 57 heavy (non-hydrogen) atoms. The summed E-state index contributed by atoms with van der Waals surface area (Å²) in [6.45, 7) is 4.26. The van der Waals surface area contributed by atoms with Crippen LogP contribution in [0.3, 0.4) is 0 Å². The molecule has 0 saturated heterocycles. The second-order valence-corrected chi connectivity index (χ2v) is 14.7. The van der Waals surface area contributed by atoms with Gasteiger partial charge in [0, 0.05) is 27.5 Å². The van der Waals surface area contributed by atoms with Crippen molar-refractivity contribution in [2.75, 3.05) is 0 Å². The summed E-state index contributed by atoms with van der Waals surface area (Å²) in [4.78, 5) is 9.82. The quantitative estimate of drug-likeness (QED) is 0.139. The molecule has 1 aliphatic heterocycles. The van der Waals surface area contributed by atoms with Crippen LogP contribution in [0, 0.1) is 12.1 Å². The normalized spacial score (nSPS) is 13.6. The standard InChI is InChI=1S/C53H34N4/c1-34(35-17-4-2-5-18-35)55-52(36-19-6-3-7-20-36)56-51(54)38-22-16-21-37(31-38)39-32-43-42-25-10-14-29-48(42)57-49-30-15-13-28-46(49)53(47(33-39)50(43)57)44-26-11-8-23-40(44)41-24-9-12-27-45(41)53/h2-15,17-20,22-33H,1H2,(H2,54,55,56). The minimum Gasteiger partial charge on any atom is -0.383 e. The van der Waals surface area contributed by atoms with E-state index in [1.165, 1.54) is 60.9 Å². The van der Waals surface area contributed by atoms with Crippen molar-refractivity contribution in [3.05, 3.63) is 240 Å². The first-order valence-corrected chi connectivity index (χ1v) is 19.1. The van der Waals surface area contributed by atoms with Gasteiger partial charge in [-0.25, -0.2) is 9.98 Å². The van der Waals surface area contributed by atoms with E-state index in [0.29, 0.717) is 17.4 Å². The third-order valence-corrected chi connectivity index (χ3v) is 11.6. The van der Waals surface area contributed by atoms with Crippen molar-refractivity contribution in [3.8, 4) is 27.9 Å². The Morgan fingerprint density at radius 2 is 1.18 bits per heavy atom. The lowest BCUT2D eigenvalue weighted by Gasteiger charge is -2.39. The first kappa shape index (κ1) is 32.7. The maximum absolute atomic E-state index is 6.88. The summed E-state index contributed by atoms with van der Waals surface area (Å²) in [6.07, 6.45) is 0. The molecule has 0 atom stereocenters. The smallest absolute Gasteiger partial charge is 0.162 e. The topological polar surface area (TPSA) is 55.7 Å². The van der Waals surface area contributed by atoms with Crippen molar-refractivity contribution in [1.82, 2.24) is 4.57 Å². The van der Waals surface area contributed by atoms with Crippen LogP contribution in [-0.4, -0.2) is 16.2 Å². The highest BCUT2D eigenvalue weighted by Crippen LogP contribution is 2.61. The lowest BCUT2D eigenvalue weighted by molar-refractivity contribution is 0.749. The Balaban J connectivity index is 1.14. The monoisotopic (exact) mass is 726 g/mol. The fourth-order valence-corrected chi connectivity index (χ4v) is 9.21. The van der Waals surface area contributed by atoms with E-state index in [1.807, 2.05) is 66.7 Å². The second-order valence-electron chi connectivity index (χ2n) is 14.7. The molecule has 0 bridgehead atoms. The molecular formula is C53H34N4. The number of aromatic nitrogens is 1. The van der Waals surface area contributed by atoms with E-state index in [0.717, 1.165) is 27.8 Å². The van der Waals surface area contributed by atoms with Crippen molar-refractivity contribution < 1.29 is 0 Å². The maximum atomic E-state index is 6.88. The summed E-state index contributed by atoms with van der Waals surface area (Å²) in [5, 5.41) is 2.39. The molecule has 0 unspecified atom stereocenters. The predicted octanol–water partition coefficient (Wildman–Crippen LogP) is 11.6. The summed E-state index contributed by atoms with van der Waals surface area (Å²) < 4.78 is 2.47. The number of amidine groups is 2. The molecule has 0 saturated carbocycles. The number of benzene rings is 7. The number of nitrogens with zero attached hydrogens (tertiary/aromatic N) is 3. The Bertz CT molecular complexity index is 3100. The average Bonchev–Trinajstić information content (AvgIpc) is 3.77. The van der Waals surface area contributed by atoms with Crippen LogP contribution in [0.15, 0.2) is 199 Å². The molecule has 1 spiro atoms. The third kappa shape index (κ3) is 4.83. The second kappa shape index (κ2) is 12.7. The van der Waals surface area contributed by atoms with Crippen LogP contribution in [0.25, 0.3) is 55.4 Å². The van der Waals surface area contributed by atoms with Crippen LogP contribution < -0.4 is 5.73 Å². The van der Waals surface area contributed by atoms with Crippen molar-refractivity contribution in [2.24, 2.45) is 15.7 Å². The maximum Gasteiger partial charge on any atom is 0.162 e. The number of para-hydroxylation sites is 2. The summed E-state index contributed by atoms with van der Waals surface area (Å²) in [5.41, 5.74) is 22.5. The van der Waals surface area contributed by atoms with E-state index in [1.54, 1.807) is 0 Å². The fraction of sp³-hybridized carbons (Fsp3) is 0.0189. The van der Waals surface area contributed by atoms with Crippen molar-refractivity contribution in [3.63, 3.8) is 0 Å². The highest BCUT2D eigenvalue weighted by atomic mass is 15.0. The average molecular weight is 727 g/mol. The molecule has 0 radical (unpaired) electrons. The lowest BCUT2D eigenvalue weighted by Crippen LogP contribution is -2.33. The largest absolute Gasteiger partial charge is 0.383 e. The molecule has 1 aliphatic carbocycles. The van der Waals surface area contributed by atoms with Gasteiger partial charge in [-0.2, -0.15) is 0 Å². The summed E-state index contributed by atoms with van der Waals surface area (Å²) in [6, 6.07) is 70.6. The van der Waals surface area contributed by atoms with Crippen LogP contribution in [0.1, 0.15) is 38.9 Å². The van der Waals surface area contributed by atoms with Gasteiger partial charge < -0.3 is 10.3 Å². The highest BCUT2D eigenvalue weighted by molar-refractivity contribution is 6.15. The van der Waals surface area contributed by atoms with E-state index in [9.17, 15) is 0 Å². The molecule has 2 heterocycles. The zero-order chi connectivity index (χ0) is 38.1. The van der Waals surface area contributed by atoms with Crippen LogP contribution >= 0.6 is 0 Å². The molecule has 2 aliphatic rings. The van der Waals surface area contributed by atoms with Gasteiger partial charge in [0.1, 0.15) is 5.84 Å². The van der Waals surface area contributed by atoms with Crippen LogP contribution in [0.5, 0.6) is 0 Å². The number of aliphatic imine (C=N–C) groups is 2. The SMILES string of the molecule is C=C(N=C(N=C(N)c1cc#cc(-c2cc3c4c(c2)c2ccccc2n4-c2ccccc2C32c3ccccc3-c3ccccc32)c1)c1ccccc1)c1ccccc1. The minimum absolute atomic E-state index is 0.327. The minimum atomic E-state index is -0.549. The molecule has 11 rings (SSSR count). The van der Waals surface area contributed by atoms with Crippen molar-refractivity contribution >= 4 is 39.2 Å². The number of hydrogen-bond donors (Lipinski definition) is 1. The van der Waals surface area contributed by atoms with E-state index in [2.05, 4.69) is 139 Å². The van der Waals surface area contributed by atoms with Gasteiger partial charge >= 0.3 is 0 Å². The molecule has 0 fully saturated rings. The zero-order valence-electron chi connectivity index (χ0n) is 30.9. The fourth-order valence-electron chi connectivity index (χ4n) is 9.21. The summed E-state index contributed by atoms with van der Waals surface area (Å²) in [7, 11) is 0. The van der Waals surface area contributed by atoms with Gasteiger partial charge in [0.15, 0.2) is 5.84 Å². The van der Waals surface area contributed by atoms with Crippen molar-refractivity contribution in [1.29, 1.82) is 0 Å². The van der Waals surface area contributed by atoms with E-state index in [4.69, 9.17) is 15.7 Å². The van der Waals surface area contributed by atoms with Crippen LogP contribution in [-0.2, 0) is 5.41 Å².